The molecule has 5 heteroatoms. The van der Waals surface area contributed by atoms with Crippen molar-refractivity contribution in [2.45, 2.75) is 26.2 Å². The number of halogens is 1. The van der Waals surface area contributed by atoms with E-state index in [4.69, 9.17) is 11.6 Å². The molecule has 1 aliphatic heterocycles. The van der Waals surface area contributed by atoms with Crippen molar-refractivity contribution in [2.75, 3.05) is 18.4 Å². The van der Waals surface area contributed by atoms with Crippen molar-refractivity contribution in [1.82, 2.24) is 4.90 Å². The molecule has 0 saturated carbocycles. The Bertz CT molecular complexity index is 598. The number of anilines is 1. The van der Waals surface area contributed by atoms with E-state index >= 15 is 0 Å². The lowest BCUT2D eigenvalue weighted by Gasteiger charge is -2.25. The first-order valence-corrected chi connectivity index (χ1v) is 7.41. The number of nitriles is 1. The van der Waals surface area contributed by atoms with Gasteiger partial charge in [-0.2, -0.15) is 5.26 Å². The fourth-order valence-electron chi connectivity index (χ4n) is 2.29. The first-order valence-electron chi connectivity index (χ1n) is 7.03. The molecule has 1 amide bonds. The summed E-state index contributed by atoms with van der Waals surface area (Å²) in [5.74, 6) is -0.395. The topological polar surface area (TPSA) is 56.1 Å². The minimum atomic E-state index is -0.395. The Morgan fingerprint density at radius 3 is 2.76 bits per heavy atom. The summed E-state index contributed by atoms with van der Waals surface area (Å²) in [7, 11) is 0. The normalized spacial score (nSPS) is 15.5. The molecule has 1 N–H and O–H groups in total. The van der Waals surface area contributed by atoms with Crippen LogP contribution in [0.25, 0.3) is 0 Å². The summed E-state index contributed by atoms with van der Waals surface area (Å²) in [6.45, 7) is 3.68. The van der Waals surface area contributed by atoms with Gasteiger partial charge in [0, 0.05) is 30.0 Å². The van der Waals surface area contributed by atoms with Crippen LogP contribution >= 0.6 is 11.6 Å². The highest BCUT2D eigenvalue weighted by atomic mass is 35.5. The summed E-state index contributed by atoms with van der Waals surface area (Å²) >= 11 is 5.93. The van der Waals surface area contributed by atoms with Crippen LogP contribution in [0.3, 0.4) is 0 Å². The zero-order valence-electron chi connectivity index (χ0n) is 12.0. The molecule has 21 heavy (non-hydrogen) atoms. The van der Waals surface area contributed by atoms with E-state index in [-0.39, 0.29) is 5.57 Å². The Kier molecular flexibility index (Phi) is 5.24. The van der Waals surface area contributed by atoms with Gasteiger partial charge in [0.15, 0.2) is 0 Å². The van der Waals surface area contributed by atoms with Gasteiger partial charge >= 0.3 is 0 Å². The number of carbonyl (C=O) groups excluding carboxylic acids is 1. The van der Waals surface area contributed by atoms with E-state index in [9.17, 15) is 10.1 Å². The van der Waals surface area contributed by atoms with E-state index in [2.05, 4.69) is 5.32 Å². The molecule has 0 unspecified atom stereocenters. The van der Waals surface area contributed by atoms with Crippen LogP contribution in [0.4, 0.5) is 5.69 Å². The maximum Gasteiger partial charge on any atom is 0.267 e. The number of amides is 1. The number of likely N-dealkylation sites (tertiary alicyclic amines) is 1. The fraction of sp³-hybridized carbons (Fsp3) is 0.375. The summed E-state index contributed by atoms with van der Waals surface area (Å²) in [4.78, 5) is 14.2. The Balaban J connectivity index is 2.11. The minimum absolute atomic E-state index is 0.122. The number of aryl methyl sites for hydroxylation is 1. The maximum absolute atomic E-state index is 12.2. The summed E-state index contributed by atoms with van der Waals surface area (Å²) in [6, 6.07) is 7.26. The second kappa shape index (κ2) is 7.14. The van der Waals surface area contributed by atoms with Crippen LogP contribution in [-0.4, -0.2) is 23.9 Å². The Hall–Kier alpha value is -1.99. The summed E-state index contributed by atoms with van der Waals surface area (Å²) in [5, 5.41) is 12.5. The molecular formula is C16H18ClN3O. The molecule has 0 aliphatic carbocycles. The van der Waals surface area contributed by atoms with Crippen molar-refractivity contribution in [1.29, 1.82) is 5.26 Å². The van der Waals surface area contributed by atoms with Crippen molar-refractivity contribution in [3.63, 3.8) is 0 Å². The van der Waals surface area contributed by atoms with E-state index in [1.165, 1.54) is 6.42 Å². The number of nitrogens with zero attached hydrogens (tertiary/aromatic N) is 2. The van der Waals surface area contributed by atoms with Crippen molar-refractivity contribution >= 4 is 23.2 Å². The quantitative estimate of drug-likeness (QED) is 0.687. The average molecular weight is 304 g/mol. The predicted molar refractivity (Wildman–Crippen MR) is 83.9 cm³/mol. The van der Waals surface area contributed by atoms with Crippen LogP contribution in [0.1, 0.15) is 24.8 Å². The lowest BCUT2D eigenvalue weighted by molar-refractivity contribution is -0.112. The molecule has 0 bridgehead atoms. The van der Waals surface area contributed by atoms with Crippen molar-refractivity contribution in [2.24, 2.45) is 0 Å². The molecule has 0 atom stereocenters. The third-order valence-electron chi connectivity index (χ3n) is 3.52. The van der Waals surface area contributed by atoms with Gasteiger partial charge in [0.25, 0.3) is 5.91 Å². The molecule has 1 heterocycles. The van der Waals surface area contributed by atoms with Gasteiger partial charge in [-0.25, -0.2) is 0 Å². The zero-order chi connectivity index (χ0) is 15.2. The van der Waals surface area contributed by atoms with Gasteiger partial charge < -0.3 is 10.2 Å². The van der Waals surface area contributed by atoms with Gasteiger partial charge in [-0.1, -0.05) is 17.7 Å². The second-order valence-corrected chi connectivity index (χ2v) is 5.60. The number of nitrogens with one attached hydrogen (secondary N) is 1. The SMILES string of the molecule is Cc1ccc(Cl)cc1NC(=O)/C(C#N)=C\N1CCCCC1. The van der Waals surface area contributed by atoms with Gasteiger partial charge in [-0.15, -0.1) is 0 Å². The molecule has 1 saturated heterocycles. The molecule has 1 aromatic carbocycles. The molecule has 0 aromatic heterocycles. The highest BCUT2D eigenvalue weighted by Gasteiger charge is 2.14. The van der Waals surface area contributed by atoms with Crippen molar-refractivity contribution in [3.8, 4) is 6.07 Å². The number of benzene rings is 1. The Morgan fingerprint density at radius 1 is 1.38 bits per heavy atom. The Morgan fingerprint density at radius 2 is 2.10 bits per heavy atom. The van der Waals surface area contributed by atoms with Crippen LogP contribution in [0, 0.1) is 18.3 Å². The number of carbonyl (C=O) groups is 1. The van der Waals surface area contributed by atoms with Gasteiger partial charge in [-0.05, 0) is 43.9 Å². The third-order valence-corrected chi connectivity index (χ3v) is 3.75. The Labute approximate surface area is 130 Å². The van der Waals surface area contributed by atoms with E-state index in [1.54, 1.807) is 18.3 Å². The van der Waals surface area contributed by atoms with Crippen LogP contribution < -0.4 is 5.32 Å². The predicted octanol–water partition coefficient (Wildman–Crippen LogP) is 3.48. The lowest BCUT2D eigenvalue weighted by Crippen LogP contribution is -2.26. The van der Waals surface area contributed by atoms with E-state index in [0.29, 0.717) is 10.7 Å². The van der Waals surface area contributed by atoms with E-state index < -0.39 is 5.91 Å². The van der Waals surface area contributed by atoms with E-state index in [0.717, 1.165) is 31.5 Å². The molecule has 1 fully saturated rings. The largest absolute Gasteiger partial charge is 0.376 e. The van der Waals surface area contributed by atoms with Crippen molar-refractivity contribution < 1.29 is 4.79 Å². The summed E-state index contributed by atoms with van der Waals surface area (Å²) in [5.41, 5.74) is 1.66. The molecular weight excluding hydrogens is 286 g/mol. The first-order chi connectivity index (χ1) is 10.1. The van der Waals surface area contributed by atoms with Crippen LogP contribution in [0.5, 0.6) is 0 Å². The smallest absolute Gasteiger partial charge is 0.267 e. The molecule has 0 spiro atoms. The van der Waals surface area contributed by atoms with Gasteiger partial charge in [0.2, 0.25) is 0 Å². The molecule has 1 aromatic rings. The van der Waals surface area contributed by atoms with Crippen LogP contribution in [-0.2, 0) is 4.79 Å². The molecule has 110 valence electrons. The summed E-state index contributed by atoms with van der Waals surface area (Å²) < 4.78 is 0. The zero-order valence-corrected chi connectivity index (χ0v) is 12.8. The molecule has 2 rings (SSSR count). The highest BCUT2D eigenvalue weighted by Crippen LogP contribution is 2.21. The third kappa shape index (κ3) is 4.24. The van der Waals surface area contributed by atoms with Crippen LogP contribution in [0.15, 0.2) is 30.0 Å². The monoisotopic (exact) mass is 303 g/mol. The standard InChI is InChI=1S/C16H18ClN3O/c1-12-5-6-14(17)9-15(12)19-16(21)13(10-18)11-20-7-3-2-4-8-20/h5-6,9,11H,2-4,7-8H2,1H3,(H,19,21)/b13-11-. The summed E-state index contributed by atoms with van der Waals surface area (Å²) in [6.07, 6.45) is 5.07. The van der Waals surface area contributed by atoms with E-state index in [1.807, 2.05) is 24.0 Å². The van der Waals surface area contributed by atoms with Crippen LogP contribution in [0.2, 0.25) is 5.02 Å². The van der Waals surface area contributed by atoms with Crippen molar-refractivity contribution in [3.05, 3.63) is 40.6 Å². The molecule has 0 radical (unpaired) electrons. The molecule has 1 aliphatic rings. The number of hydrogen-bond donors (Lipinski definition) is 1. The maximum atomic E-state index is 12.2. The highest BCUT2D eigenvalue weighted by molar-refractivity contribution is 6.31. The minimum Gasteiger partial charge on any atom is -0.376 e. The van der Waals surface area contributed by atoms with Gasteiger partial charge in [0.1, 0.15) is 11.6 Å². The van der Waals surface area contributed by atoms with Gasteiger partial charge in [0.05, 0.1) is 0 Å². The number of hydrogen-bond acceptors (Lipinski definition) is 3. The molecule has 4 nitrogen and oxygen atoms in total. The lowest BCUT2D eigenvalue weighted by atomic mass is 10.1. The van der Waals surface area contributed by atoms with Gasteiger partial charge in [-0.3, -0.25) is 4.79 Å². The average Bonchev–Trinajstić information content (AvgIpc) is 2.49. The number of rotatable bonds is 3. The number of piperidine rings is 1. The fourth-order valence-corrected chi connectivity index (χ4v) is 2.46. The second-order valence-electron chi connectivity index (χ2n) is 5.16. The first kappa shape index (κ1) is 15.4.